The lowest BCUT2D eigenvalue weighted by Gasteiger charge is -2.22. The van der Waals surface area contributed by atoms with Crippen LogP contribution in [-0.2, 0) is 14.4 Å². The lowest BCUT2D eigenvalue weighted by atomic mass is 10.0. The van der Waals surface area contributed by atoms with Crippen LogP contribution in [0, 0.1) is 0 Å². The number of hydrogen-bond acceptors (Lipinski definition) is 11. The first-order valence-corrected chi connectivity index (χ1v) is 17.1. The highest BCUT2D eigenvalue weighted by Gasteiger charge is 2.21. The van der Waals surface area contributed by atoms with Gasteiger partial charge in [0.2, 0.25) is 11.7 Å². The van der Waals surface area contributed by atoms with Gasteiger partial charge in [-0.15, -0.1) is 0 Å². The monoisotopic (exact) mass is 702 g/mol. The molecule has 2 aromatic carbocycles. The molecule has 2 aromatic rings. The molecule has 4 rings (SSSR count). The molecule has 0 saturated carbocycles. The normalized spacial score (nSPS) is 13.0. The minimum absolute atomic E-state index is 0.0391. The molecule has 1 amide bonds. The third-order valence-corrected chi connectivity index (χ3v) is 7.53. The molecule has 51 heavy (non-hydrogen) atoms. The number of ketones is 2. The molecule has 0 saturated heterocycles. The smallest absolute Gasteiger partial charge is 0.332 e. The van der Waals surface area contributed by atoms with E-state index in [1.165, 1.54) is 50.2 Å². The Bertz CT molecular complexity index is 1680. The van der Waals surface area contributed by atoms with Crippen molar-refractivity contribution >= 4 is 64.9 Å². The lowest BCUT2D eigenvalue weighted by Crippen LogP contribution is -2.34. The summed E-state index contributed by atoms with van der Waals surface area (Å²) in [6.45, 7) is 11.6. The van der Waals surface area contributed by atoms with Crippen molar-refractivity contribution in [1.82, 2.24) is 10.2 Å². The maximum absolute atomic E-state index is 12.9. The Morgan fingerprint density at radius 2 is 1.27 bits per heavy atom. The van der Waals surface area contributed by atoms with Gasteiger partial charge in [0.25, 0.3) is 0 Å². The van der Waals surface area contributed by atoms with E-state index in [0.717, 1.165) is 12.8 Å². The number of nitrogens with two attached hydrogens (primary N) is 2. The number of carboxylic acid groups (broad SMARTS) is 1. The number of amides is 1. The summed E-state index contributed by atoms with van der Waals surface area (Å²) < 4.78 is 0. The number of amidine groups is 2. The van der Waals surface area contributed by atoms with Gasteiger partial charge in [-0.3, -0.25) is 19.2 Å². The van der Waals surface area contributed by atoms with Crippen LogP contribution < -0.4 is 16.8 Å². The standard InChI is InChI=1S/C19H23N3O3.C13H12N2O4.C6H15N/c1-3-7-22(8-4-2)19(25)15-9-13-5-6-14(17(24)12-23)10-16(13)21-18(20)11-15;14-12-5-9(13(18)19)3-7-1-2-8(11(17)6-16)4-10(7)15-12;1-3-5-7-6-4-2/h5-6,9-10,12H,3-4,7-8,11H2,1-2H3,(H2,20,21);1-4,16H,5-6H2,(H2,14,15)(H,18,19);7H,3-6H2,1-2H3. The summed E-state index contributed by atoms with van der Waals surface area (Å²) in [5.74, 6) is -1.66. The van der Waals surface area contributed by atoms with Crippen LogP contribution in [0.5, 0.6) is 0 Å². The van der Waals surface area contributed by atoms with Crippen LogP contribution in [0.1, 0.15) is 98.1 Å². The van der Waals surface area contributed by atoms with Crippen molar-refractivity contribution in [3.63, 3.8) is 0 Å². The molecule has 0 aliphatic carbocycles. The number of fused-ring (bicyclic) bond motifs is 2. The second-order valence-corrected chi connectivity index (χ2v) is 11.9. The fourth-order valence-corrected chi connectivity index (χ4v) is 5.08. The van der Waals surface area contributed by atoms with Gasteiger partial charge >= 0.3 is 5.97 Å². The quantitative estimate of drug-likeness (QED) is 0.0797. The predicted octanol–water partition coefficient (Wildman–Crippen LogP) is 4.61. The van der Waals surface area contributed by atoms with Gasteiger partial charge in [-0.2, -0.15) is 0 Å². The fourth-order valence-electron chi connectivity index (χ4n) is 5.08. The number of Topliss-reactive ketones (excluding diaryl/α,β-unsaturated/α-hetero) is 2. The summed E-state index contributed by atoms with van der Waals surface area (Å²) in [5, 5.41) is 21.1. The number of hydrogen-bond donors (Lipinski definition) is 5. The van der Waals surface area contributed by atoms with Crippen molar-refractivity contribution in [2.45, 2.75) is 66.2 Å². The maximum atomic E-state index is 12.9. The first-order chi connectivity index (χ1) is 24.4. The van der Waals surface area contributed by atoms with Crippen molar-refractivity contribution in [1.29, 1.82) is 0 Å². The van der Waals surface area contributed by atoms with Crippen molar-refractivity contribution in [3.8, 4) is 0 Å². The van der Waals surface area contributed by atoms with Crippen LogP contribution in [0.25, 0.3) is 12.2 Å². The summed E-state index contributed by atoms with van der Waals surface area (Å²) in [6.07, 6.45) is 8.10. The number of aliphatic hydroxyl groups excluding tert-OH is 1. The average molecular weight is 703 g/mol. The van der Waals surface area contributed by atoms with Crippen LogP contribution in [-0.4, -0.2) is 89.3 Å². The minimum Gasteiger partial charge on any atom is -0.478 e. The molecule has 0 aromatic heterocycles. The Kier molecular flexibility index (Phi) is 17.9. The number of aliphatic carboxylic acids is 1. The topological polar surface area (TPSA) is 218 Å². The summed E-state index contributed by atoms with van der Waals surface area (Å²) in [4.78, 5) is 67.7. The number of aliphatic imine (C=N–C) groups is 2. The Morgan fingerprint density at radius 3 is 1.75 bits per heavy atom. The molecule has 0 fully saturated rings. The van der Waals surface area contributed by atoms with Gasteiger partial charge in [0.15, 0.2) is 12.1 Å². The first-order valence-electron chi connectivity index (χ1n) is 17.1. The highest BCUT2D eigenvalue weighted by atomic mass is 16.4. The molecule has 2 aliphatic rings. The van der Waals surface area contributed by atoms with E-state index in [9.17, 15) is 24.0 Å². The molecule has 0 atom stereocenters. The van der Waals surface area contributed by atoms with E-state index in [0.29, 0.717) is 52.6 Å². The third kappa shape index (κ3) is 13.2. The molecule has 2 aliphatic heterocycles. The number of benzene rings is 2. The number of aliphatic hydroxyl groups is 1. The van der Waals surface area contributed by atoms with Gasteiger partial charge in [0.05, 0.1) is 11.4 Å². The zero-order valence-electron chi connectivity index (χ0n) is 29.9. The number of rotatable bonds is 14. The van der Waals surface area contributed by atoms with Crippen LogP contribution >= 0.6 is 0 Å². The van der Waals surface area contributed by atoms with Crippen LogP contribution in [0.4, 0.5) is 11.4 Å². The molecule has 2 heterocycles. The van der Waals surface area contributed by atoms with E-state index in [2.05, 4.69) is 29.1 Å². The molecule has 274 valence electrons. The van der Waals surface area contributed by atoms with Crippen molar-refractivity contribution in [2.75, 3.05) is 32.8 Å². The molecule has 0 bridgehead atoms. The molecule has 0 unspecified atom stereocenters. The minimum atomic E-state index is -1.05. The zero-order valence-corrected chi connectivity index (χ0v) is 29.9. The second kappa shape index (κ2) is 21.7. The Balaban J connectivity index is 0.000000305. The third-order valence-electron chi connectivity index (χ3n) is 7.53. The Morgan fingerprint density at radius 1 is 0.784 bits per heavy atom. The highest BCUT2D eigenvalue weighted by Crippen LogP contribution is 2.29. The van der Waals surface area contributed by atoms with E-state index >= 15 is 0 Å². The number of nitrogens with one attached hydrogen (secondary N) is 1. The maximum Gasteiger partial charge on any atom is 0.332 e. The van der Waals surface area contributed by atoms with E-state index in [1.807, 2.05) is 18.7 Å². The predicted molar refractivity (Wildman–Crippen MR) is 201 cm³/mol. The number of aldehydes is 1. The van der Waals surface area contributed by atoms with E-state index < -0.39 is 24.1 Å². The first kappa shape index (κ1) is 41.9. The number of carbonyl (C=O) groups excluding carboxylic acids is 4. The van der Waals surface area contributed by atoms with Gasteiger partial charge in [-0.25, -0.2) is 14.8 Å². The molecular formula is C38H50N6O7. The van der Waals surface area contributed by atoms with Gasteiger partial charge in [0.1, 0.15) is 18.3 Å². The number of nitrogens with zero attached hydrogens (tertiary/aromatic N) is 3. The average Bonchev–Trinajstić information content (AvgIpc) is 3.40. The highest BCUT2D eigenvalue weighted by molar-refractivity contribution is 6.33. The van der Waals surface area contributed by atoms with Crippen molar-refractivity contribution in [3.05, 3.63) is 69.8 Å². The van der Waals surface area contributed by atoms with Gasteiger partial charge in [-0.05, 0) is 63.1 Å². The summed E-state index contributed by atoms with van der Waals surface area (Å²) in [7, 11) is 0. The van der Waals surface area contributed by atoms with Gasteiger partial charge in [-0.1, -0.05) is 52.0 Å². The van der Waals surface area contributed by atoms with E-state index in [1.54, 1.807) is 24.3 Å². The van der Waals surface area contributed by atoms with E-state index in [-0.39, 0.29) is 42.0 Å². The SMILES string of the molecule is CCCN(CCC)C(=O)C1=Cc2ccc(C(=O)C=O)cc2N=C(N)C1.CCCNCCC.NC1=Nc2cc(C(=O)CO)ccc2C=C(C(=O)O)C1. The number of carbonyl (C=O) groups is 5. The molecule has 13 nitrogen and oxygen atoms in total. The van der Waals surface area contributed by atoms with Crippen molar-refractivity contribution < 1.29 is 34.2 Å². The fraction of sp³-hybridized carbons (Fsp3) is 0.395. The summed E-state index contributed by atoms with van der Waals surface area (Å²) >= 11 is 0. The summed E-state index contributed by atoms with van der Waals surface area (Å²) in [5.41, 5.74) is 15.1. The summed E-state index contributed by atoms with van der Waals surface area (Å²) in [6, 6.07) is 9.36. The molecular weight excluding hydrogens is 652 g/mol. The molecule has 0 radical (unpaired) electrons. The molecule has 7 N–H and O–H groups in total. The lowest BCUT2D eigenvalue weighted by molar-refractivity contribution is -0.132. The largest absolute Gasteiger partial charge is 0.478 e. The number of carboxylic acids is 1. The Labute approximate surface area is 299 Å². The van der Waals surface area contributed by atoms with Crippen LogP contribution in [0.2, 0.25) is 0 Å². The van der Waals surface area contributed by atoms with Crippen LogP contribution in [0.15, 0.2) is 57.5 Å². The van der Waals surface area contributed by atoms with Crippen LogP contribution in [0.3, 0.4) is 0 Å². The van der Waals surface area contributed by atoms with Gasteiger partial charge in [0, 0.05) is 59.3 Å². The Hall–Kier alpha value is -5.27. The molecule has 13 heteroatoms. The van der Waals surface area contributed by atoms with Crippen molar-refractivity contribution in [2.24, 2.45) is 21.5 Å². The molecule has 0 spiro atoms. The van der Waals surface area contributed by atoms with Gasteiger partial charge < -0.3 is 31.9 Å². The zero-order chi connectivity index (χ0) is 37.9. The second-order valence-electron chi connectivity index (χ2n) is 11.9. The van der Waals surface area contributed by atoms with E-state index in [4.69, 9.17) is 21.7 Å².